The smallest absolute Gasteiger partial charge is 0.0632 e. The maximum absolute atomic E-state index is 4.49. The lowest BCUT2D eigenvalue weighted by Crippen LogP contribution is -2.07. The van der Waals surface area contributed by atoms with Crippen LogP contribution in [0.4, 0.5) is 11.4 Å². The molecule has 0 unspecified atom stereocenters. The normalized spacial score (nSPS) is 11.1. The summed E-state index contributed by atoms with van der Waals surface area (Å²) in [6.45, 7) is 2.09. The number of rotatable bonds is 3. The average molecular weight is 241 g/mol. The Balaban J connectivity index is 2.16. The molecule has 0 N–H and O–H groups in total. The molecule has 0 fully saturated rings. The van der Waals surface area contributed by atoms with Gasteiger partial charge in [-0.3, -0.25) is 4.99 Å². The summed E-state index contributed by atoms with van der Waals surface area (Å²) >= 11 is 0. The number of aryl methyl sites for hydroxylation is 1. The molecule has 0 bridgehead atoms. The van der Waals surface area contributed by atoms with Crippen LogP contribution >= 0.6 is 0 Å². The first-order valence-corrected chi connectivity index (χ1v) is 6.01. The topological polar surface area (TPSA) is 20.5 Å². The van der Waals surface area contributed by atoms with Crippen molar-refractivity contribution in [3.8, 4) is 0 Å². The summed E-state index contributed by atoms with van der Waals surface area (Å²) < 4.78 is 2.12. The van der Waals surface area contributed by atoms with Crippen molar-refractivity contribution < 1.29 is 0 Å². The summed E-state index contributed by atoms with van der Waals surface area (Å²) in [6, 6.07) is 12.4. The third-order valence-corrected chi connectivity index (χ3v) is 3.12. The molecule has 0 aliphatic rings. The Bertz CT molecular complexity index is 548. The first kappa shape index (κ1) is 12.4. The van der Waals surface area contributed by atoms with Crippen LogP contribution in [0.25, 0.3) is 0 Å². The van der Waals surface area contributed by atoms with Gasteiger partial charge in [0.15, 0.2) is 0 Å². The lowest BCUT2D eigenvalue weighted by molar-refractivity contribution is 0.874. The van der Waals surface area contributed by atoms with Crippen LogP contribution in [-0.2, 0) is 7.05 Å². The Morgan fingerprint density at radius 1 is 1.06 bits per heavy atom. The summed E-state index contributed by atoms with van der Waals surface area (Å²) in [5.74, 6) is 0. The quantitative estimate of drug-likeness (QED) is 0.756. The van der Waals surface area contributed by atoms with Crippen LogP contribution in [0.5, 0.6) is 0 Å². The fraction of sp³-hybridized carbons (Fsp3) is 0.267. The molecule has 1 aromatic heterocycles. The van der Waals surface area contributed by atoms with Crippen LogP contribution < -0.4 is 4.90 Å². The van der Waals surface area contributed by atoms with Crippen LogP contribution in [0.1, 0.15) is 11.4 Å². The van der Waals surface area contributed by atoms with Crippen LogP contribution in [0.3, 0.4) is 0 Å². The van der Waals surface area contributed by atoms with Gasteiger partial charge in [0.1, 0.15) is 0 Å². The summed E-state index contributed by atoms with van der Waals surface area (Å²) in [7, 11) is 6.11. The van der Waals surface area contributed by atoms with E-state index in [0.29, 0.717) is 0 Å². The van der Waals surface area contributed by atoms with Gasteiger partial charge in [-0.05, 0) is 43.3 Å². The fourth-order valence-corrected chi connectivity index (χ4v) is 1.74. The molecule has 0 spiro atoms. The van der Waals surface area contributed by atoms with E-state index in [1.54, 1.807) is 0 Å². The van der Waals surface area contributed by atoms with E-state index in [-0.39, 0.29) is 0 Å². The van der Waals surface area contributed by atoms with E-state index in [1.165, 1.54) is 11.4 Å². The lowest BCUT2D eigenvalue weighted by atomic mass is 10.3. The number of nitrogens with zero attached hydrogens (tertiary/aromatic N) is 3. The third kappa shape index (κ3) is 2.62. The molecule has 0 aliphatic carbocycles. The van der Waals surface area contributed by atoms with Crippen molar-refractivity contribution >= 4 is 17.6 Å². The zero-order valence-corrected chi connectivity index (χ0v) is 11.4. The van der Waals surface area contributed by atoms with Gasteiger partial charge in [-0.25, -0.2) is 0 Å². The van der Waals surface area contributed by atoms with Gasteiger partial charge in [0, 0.05) is 32.5 Å². The molecule has 0 aliphatic heterocycles. The predicted octanol–water partition coefficient (Wildman–Crippen LogP) is 3.15. The van der Waals surface area contributed by atoms with Gasteiger partial charge in [-0.15, -0.1) is 0 Å². The molecule has 0 saturated carbocycles. The molecule has 0 radical (unpaired) electrons. The van der Waals surface area contributed by atoms with Crippen molar-refractivity contribution in [1.29, 1.82) is 0 Å². The monoisotopic (exact) mass is 241 g/mol. The Morgan fingerprint density at radius 2 is 1.72 bits per heavy atom. The van der Waals surface area contributed by atoms with Gasteiger partial charge in [-0.2, -0.15) is 0 Å². The minimum absolute atomic E-state index is 0.972. The van der Waals surface area contributed by atoms with Gasteiger partial charge in [0.05, 0.1) is 17.6 Å². The Hall–Kier alpha value is -2.03. The van der Waals surface area contributed by atoms with Gasteiger partial charge in [0.2, 0.25) is 0 Å². The Kier molecular flexibility index (Phi) is 3.51. The van der Waals surface area contributed by atoms with E-state index < -0.39 is 0 Å². The number of hydrogen-bond donors (Lipinski definition) is 0. The maximum atomic E-state index is 4.49. The van der Waals surface area contributed by atoms with Crippen molar-refractivity contribution in [3.05, 3.63) is 47.8 Å². The lowest BCUT2D eigenvalue weighted by Gasteiger charge is -2.11. The third-order valence-electron chi connectivity index (χ3n) is 3.12. The van der Waals surface area contributed by atoms with Crippen molar-refractivity contribution in [2.24, 2.45) is 12.0 Å². The largest absolute Gasteiger partial charge is 0.378 e. The predicted molar refractivity (Wildman–Crippen MR) is 78.2 cm³/mol. The minimum atomic E-state index is 0.972. The van der Waals surface area contributed by atoms with Crippen LogP contribution in [-0.4, -0.2) is 24.9 Å². The molecule has 1 aromatic carbocycles. The molecule has 2 aromatic rings. The highest BCUT2D eigenvalue weighted by atomic mass is 15.1. The van der Waals surface area contributed by atoms with Crippen molar-refractivity contribution in [2.75, 3.05) is 19.0 Å². The zero-order chi connectivity index (χ0) is 13.1. The van der Waals surface area contributed by atoms with Gasteiger partial charge < -0.3 is 9.47 Å². The molecule has 0 atom stereocenters. The van der Waals surface area contributed by atoms with Crippen molar-refractivity contribution in [2.45, 2.75) is 6.92 Å². The van der Waals surface area contributed by atoms with E-state index in [4.69, 9.17) is 0 Å². The summed E-state index contributed by atoms with van der Waals surface area (Å²) in [4.78, 5) is 6.56. The standard InChI is InChI=1S/C15H19N3/c1-12-5-8-15(18(12)4)11-16-13-6-9-14(10-7-13)17(2)3/h5-11H,1-4H3. The SMILES string of the molecule is Cc1ccc(C=Nc2ccc(N(C)C)cc2)n1C. The summed E-state index contributed by atoms with van der Waals surface area (Å²) in [5.41, 5.74) is 4.51. The Labute approximate surface area is 108 Å². The van der Waals surface area contributed by atoms with E-state index in [1.807, 2.05) is 39.5 Å². The second-order valence-electron chi connectivity index (χ2n) is 4.63. The van der Waals surface area contributed by atoms with E-state index in [2.05, 4.69) is 45.6 Å². The summed E-state index contributed by atoms with van der Waals surface area (Å²) in [5, 5.41) is 0. The molecule has 18 heavy (non-hydrogen) atoms. The maximum Gasteiger partial charge on any atom is 0.0632 e. The number of anilines is 1. The van der Waals surface area contributed by atoms with Crippen molar-refractivity contribution in [3.63, 3.8) is 0 Å². The van der Waals surface area contributed by atoms with Gasteiger partial charge in [-0.1, -0.05) is 0 Å². The van der Waals surface area contributed by atoms with Crippen molar-refractivity contribution in [1.82, 2.24) is 4.57 Å². The van der Waals surface area contributed by atoms with Gasteiger partial charge in [0.25, 0.3) is 0 Å². The van der Waals surface area contributed by atoms with E-state index in [0.717, 1.165) is 11.4 Å². The van der Waals surface area contributed by atoms with Gasteiger partial charge >= 0.3 is 0 Å². The molecular formula is C15H19N3. The zero-order valence-electron chi connectivity index (χ0n) is 11.4. The molecule has 1 heterocycles. The first-order chi connectivity index (χ1) is 8.58. The average Bonchev–Trinajstić information content (AvgIpc) is 2.68. The fourth-order valence-electron chi connectivity index (χ4n) is 1.74. The van der Waals surface area contributed by atoms with Crippen LogP contribution in [0.2, 0.25) is 0 Å². The van der Waals surface area contributed by atoms with Crippen LogP contribution in [0.15, 0.2) is 41.4 Å². The molecule has 94 valence electrons. The number of hydrogen-bond acceptors (Lipinski definition) is 2. The van der Waals surface area contributed by atoms with E-state index in [9.17, 15) is 0 Å². The molecule has 3 heteroatoms. The Morgan fingerprint density at radius 3 is 2.22 bits per heavy atom. The van der Waals surface area contributed by atoms with E-state index >= 15 is 0 Å². The number of aromatic nitrogens is 1. The molecule has 3 nitrogen and oxygen atoms in total. The summed E-state index contributed by atoms with van der Waals surface area (Å²) in [6.07, 6.45) is 1.90. The highest BCUT2D eigenvalue weighted by molar-refractivity contribution is 5.80. The number of benzene rings is 1. The molecule has 0 saturated heterocycles. The molecular weight excluding hydrogens is 222 g/mol. The second kappa shape index (κ2) is 5.08. The highest BCUT2D eigenvalue weighted by Gasteiger charge is 1.98. The number of aliphatic imine (C=N–C) groups is 1. The molecule has 2 rings (SSSR count). The second-order valence-corrected chi connectivity index (χ2v) is 4.63. The van der Waals surface area contributed by atoms with Crippen LogP contribution in [0, 0.1) is 6.92 Å². The molecule has 0 amide bonds. The minimum Gasteiger partial charge on any atom is -0.378 e. The first-order valence-electron chi connectivity index (χ1n) is 6.01. The highest BCUT2D eigenvalue weighted by Crippen LogP contribution is 2.18.